The zero-order chi connectivity index (χ0) is 29.5. The highest BCUT2D eigenvalue weighted by molar-refractivity contribution is 5.95. The minimum absolute atomic E-state index is 0.0718. The second-order valence-electron chi connectivity index (χ2n) is 9.99. The van der Waals surface area contributed by atoms with Crippen LogP contribution < -0.4 is 15.5 Å². The van der Waals surface area contributed by atoms with Gasteiger partial charge in [0.15, 0.2) is 5.82 Å². The minimum Gasteiger partial charge on any atom is -0.445 e. The van der Waals surface area contributed by atoms with Crippen molar-refractivity contribution in [1.29, 1.82) is 0 Å². The van der Waals surface area contributed by atoms with Crippen LogP contribution in [0, 0.1) is 11.6 Å². The summed E-state index contributed by atoms with van der Waals surface area (Å²) in [4.78, 5) is 30.8. The molecule has 0 spiro atoms. The van der Waals surface area contributed by atoms with Gasteiger partial charge >= 0.3 is 6.09 Å². The average molecular weight is 573 g/mol. The standard InChI is InChI=1S/C31H30F2N6O3/c1-39(31(14-6-15-31)28-25(33)9-5-16-34-28)27-13-12-26(37-38-27)22-10-11-24(32)23(19-22)29(40)35-17-18-36-30(41)42-20-21-7-3-2-4-8-21/h2-5,7-13,16,19H,6,14-15,17-18,20H2,1H3,(H,35,40)(H,36,41). The predicted molar refractivity (Wildman–Crippen MR) is 153 cm³/mol. The first-order valence-corrected chi connectivity index (χ1v) is 13.6. The Morgan fingerprint density at radius 2 is 1.71 bits per heavy atom. The Kier molecular flexibility index (Phi) is 8.66. The predicted octanol–water partition coefficient (Wildman–Crippen LogP) is 4.99. The number of nitrogens with one attached hydrogen (secondary N) is 2. The summed E-state index contributed by atoms with van der Waals surface area (Å²) in [5, 5.41) is 13.8. The van der Waals surface area contributed by atoms with Gasteiger partial charge in [-0.15, -0.1) is 10.2 Å². The van der Waals surface area contributed by atoms with Crippen LogP contribution in [0.25, 0.3) is 11.3 Å². The Morgan fingerprint density at radius 1 is 0.929 bits per heavy atom. The fourth-order valence-corrected chi connectivity index (χ4v) is 4.92. The molecule has 42 heavy (non-hydrogen) atoms. The largest absolute Gasteiger partial charge is 0.445 e. The third kappa shape index (κ3) is 6.19. The van der Waals surface area contributed by atoms with E-state index < -0.39 is 23.4 Å². The molecule has 216 valence electrons. The van der Waals surface area contributed by atoms with Gasteiger partial charge in [-0.25, -0.2) is 13.6 Å². The molecule has 0 bridgehead atoms. The van der Waals surface area contributed by atoms with Crippen molar-refractivity contribution in [2.24, 2.45) is 0 Å². The molecule has 5 rings (SSSR count). The molecule has 0 aliphatic heterocycles. The Balaban J connectivity index is 1.18. The van der Waals surface area contributed by atoms with E-state index in [1.807, 2.05) is 42.3 Å². The number of carbonyl (C=O) groups excluding carboxylic acids is 2. The lowest BCUT2D eigenvalue weighted by Gasteiger charge is -2.48. The van der Waals surface area contributed by atoms with E-state index >= 15 is 0 Å². The van der Waals surface area contributed by atoms with Crippen molar-refractivity contribution in [3.05, 3.63) is 107 Å². The van der Waals surface area contributed by atoms with Crippen molar-refractivity contribution in [2.45, 2.75) is 31.4 Å². The quantitative estimate of drug-likeness (QED) is 0.258. The number of nitrogens with zero attached hydrogens (tertiary/aromatic N) is 4. The molecule has 11 heteroatoms. The molecule has 0 radical (unpaired) electrons. The Hall–Kier alpha value is -4.93. The second kappa shape index (κ2) is 12.7. The highest BCUT2D eigenvalue weighted by Gasteiger charge is 2.46. The monoisotopic (exact) mass is 572 g/mol. The SMILES string of the molecule is CN(c1ccc(-c2ccc(F)c(C(=O)NCCNC(=O)OCc3ccccc3)c2)nn1)C1(c2ncccc2F)CCC1. The normalized spacial score (nSPS) is 13.5. The molecule has 2 heterocycles. The van der Waals surface area contributed by atoms with Crippen molar-refractivity contribution in [1.82, 2.24) is 25.8 Å². The molecular weight excluding hydrogens is 542 g/mol. The molecule has 2 N–H and O–H groups in total. The van der Waals surface area contributed by atoms with Gasteiger partial charge in [-0.3, -0.25) is 9.78 Å². The molecule has 2 aromatic carbocycles. The molecule has 1 aliphatic rings. The van der Waals surface area contributed by atoms with Crippen molar-refractivity contribution >= 4 is 17.8 Å². The van der Waals surface area contributed by atoms with E-state index in [9.17, 15) is 18.4 Å². The van der Waals surface area contributed by atoms with Crippen LogP contribution in [0.4, 0.5) is 19.4 Å². The van der Waals surface area contributed by atoms with Gasteiger partial charge in [-0.1, -0.05) is 30.3 Å². The second-order valence-corrected chi connectivity index (χ2v) is 9.99. The van der Waals surface area contributed by atoms with Crippen LogP contribution in [-0.2, 0) is 16.9 Å². The summed E-state index contributed by atoms with van der Waals surface area (Å²) < 4.78 is 34.3. The molecule has 1 fully saturated rings. The number of anilines is 1. The summed E-state index contributed by atoms with van der Waals surface area (Å²) in [5.41, 5.74) is 1.41. The summed E-state index contributed by atoms with van der Waals surface area (Å²) in [6.07, 6.45) is 3.38. The van der Waals surface area contributed by atoms with Gasteiger partial charge in [0.05, 0.1) is 16.8 Å². The van der Waals surface area contributed by atoms with Crippen LogP contribution in [0.15, 0.2) is 79.0 Å². The lowest BCUT2D eigenvalue weighted by molar-refractivity contribution is 0.0947. The van der Waals surface area contributed by atoms with Gasteiger partial charge < -0.3 is 20.3 Å². The first-order chi connectivity index (χ1) is 20.4. The van der Waals surface area contributed by atoms with E-state index in [0.717, 1.165) is 24.8 Å². The van der Waals surface area contributed by atoms with Gasteiger partial charge in [-0.2, -0.15) is 0 Å². The molecule has 1 aliphatic carbocycles. The molecule has 9 nitrogen and oxygen atoms in total. The zero-order valence-electron chi connectivity index (χ0n) is 23.0. The van der Waals surface area contributed by atoms with Gasteiger partial charge in [-0.05, 0) is 67.3 Å². The molecule has 2 amide bonds. The topological polar surface area (TPSA) is 109 Å². The van der Waals surface area contributed by atoms with Crippen LogP contribution in [0.3, 0.4) is 0 Å². The number of pyridine rings is 1. The third-order valence-corrected chi connectivity index (χ3v) is 7.42. The first-order valence-electron chi connectivity index (χ1n) is 13.6. The highest BCUT2D eigenvalue weighted by atomic mass is 19.1. The summed E-state index contributed by atoms with van der Waals surface area (Å²) in [5.74, 6) is -1.15. The molecular formula is C31H30F2N6O3. The highest BCUT2D eigenvalue weighted by Crippen LogP contribution is 2.47. The number of carbonyl (C=O) groups is 2. The summed E-state index contributed by atoms with van der Waals surface area (Å²) in [7, 11) is 1.84. The maximum atomic E-state index is 14.6. The molecule has 1 saturated carbocycles. The van der Waals surface area contributed by atoms with Crippen molar-refractivity contribution in [3.63, 3.8) is 0 Å². The zero-order valence-corrected chi connectivity index (χ0v) is 23.0. The Bertz CT molecular complexity index is 1550. The van der Waals surface area contributed by atoms with E-state index in [1.165, 1.54) is 24.3 Å². The molecule has 2 aromatic heterocycles. The van der Waals surface area contributed by atoms with Crippen molar-refractivity contribution in [3.8, 4) is 11.3 Å². The van der Waals surface area contributed by atoms with E-state index in [4.69, 9.17) is 4.74 Å². The lowest BCUT2D eigenvalue weighted by atomic mass is 9.72. The van der Waals surface area contributed by atoms with Gasteiger partial charge in [0.1, 0.15) is 23.9 Å². The van der Waals surface area contributed by atoms with Crippen LogP contribution >= 0.6 is 0 Å². The maximum Gasteiger partial charge on any atom is 0.407 e. The number of halogens is 2. The van der Waals surface area contributed by atoms with Gasteiger partial charge in [0.25, 0.3) is 5.91 Å². The smallest absolute Gasteiger partial charge is 0.407 e. The maximum absolute atomic E-state index is 14.6. The Morgan fingerprint density at radius 3 is 2.40 bits per heavy atom. The van der Waals surface area contributed by atoms with Crippen molar-refractivity contribution < 1.29 is 23.1 Å². The van der Waals surface area contributed by atoms with Gasteiger partial charge in [0.2, 0.25) is 0 Å². The van der Waals surface area contributed by atoms with Crippen LogP contribution in [0.5, 0.6) is 0 Å². The first kappa shape index (κ1) is 28.6. The Labute approximate surface area is 242 Å². The van der Waals surface area contributed by atoms with Gasteiger partial charge in [0, 0.05) is 31.9 Å². The third-order valence-electron chi connectivity index (χ3n) is 7.42. The summed E-state index contributed by atoms with van der Waals surface area (Å²) in [6, 6.07) is 19.8. The van der Waals surface area contributed by atoms with Crippen molar-refractivity contribution in [2.75, 3.05) is 25.0 Å². The number of benzene rings is 2. The number of hydrogen-bond acceptors (Lipinski definition) is 7. The number of amides is 2. The number of alkyl carbamates (subject to hydrolysis) is 1. The summed E-state index contributed by atoms with van der Waals surface area (Å²) in [6.45, 7) is 0.300. The molecule has 4 aromatic rings. The van der Waals surface area contributed by atoms with E-state index in [2.05, 4.69) is 25.8 Å². The number of ether oxygens (including phenoxy) is 1. The molecule has 0 saturated heterocycles. The van der Waals surface area contributed by atoms with Crippen LogP contribution in [-0.4, -0.2) is 47.3 Å². The fourth-order valence-electron chi connectivity index (χ4n) is 4.92. The number of rotatable bonds is 10. The number of aromatic nitrogens is 3. The van der Waals surface area contributed by atoms with E-state index in [-0.39, 0.29) is 31.1 Å². The summed E-state index contributed by atoms with van der Waals surface area (Å²) >= 11 is 0. The van der Waals surface area contributed by atoms with E-state index in [1.54, 1.807) is 24.4 Å². The molecule has 0 unspecified atom stereocenters. The average Bonchev–Trinajstić information content (AvgIpc) is 2.99. The number of hydrogen-bond donors (Lipinski definition) is 2. The fraction of sp³-hybridized carbons (Fsp3) is 0.258. The minimum atomic E-state index is -0.694. The lowest BCUT2D eigenvalue weighted by Crippen LogP contribution is -2.51. The molecule has 0 atom stereocenters. The van der Waals surface area contributed by atoms with Crippen LogP contribution in [0.2, 0.25) is 0 Å². The van der Waals surface area contributed by atoms with E-state index in [0.29, 0.717) is 22.8 Å². The van der Waals surface area contributed by atoms with Crippen LogP contribution in [0.1, 0.15) is 40.9 Å².